The number of nitrogens with one attached hydrogen (secondary N) is 2. The standard InChI is InChI=1S/C12H10N2O3/c15-11(10-6-3-7-13-10)14-9-5-2-1-4-8(9)12(16)17/h1-7,13H,(H,14,15)(H,16,17). The molecule has 0 saturated carbocycles. The molecule has 0 aliphatic carbocycles. The van der Waals surface area contributed by atoms with Gasteiger partial charge in [0.15, 0.2) is 0 Å². The van der Waals surface area contributed by atoms with E-state index in [9.17, 15) is 9.59 Å². The van der Waals surface area contributed by atoms with Gasteiger partial charge in [0.2, 0.25) is 0 Å². The van der Waals surface area contributed by atoms with Crippen LogP contribution in [0.4, 0.5) is 5.69 Å². The zero-order valence-electron chi connectivity index (χ0n) is 8.81. The molecule has 0 radical (unpaired) electrons. The number of anilines is 1. The van der Waals surface area contributed by atoms with Gasteiger partial charge in [0.25, 0.3) is 5.91 Å². The molecule has 0 aliphatic heterocycles. The number of hydrogen-bond acceptors (Lipinski definition) is 2. The van der Waals surface area contributed by atoms with E-state index in [1.807, 2.05) is 0 Å². The summed E-state index contributed by atoms with van der Waals surface area (Å²) in [7, 11) is 0. The van der Waals surface area contributed by atoms with Crippen LogP contribution in [0, 0.1) is 0 Å². The molecule has 5 heteroatoms. The Morgan fingerprint density at radius 1 is 1.12 bits per heavy atom. The molecule has 0 spiro atoms. The first-order chi connectivity index (χ1) is 8.18. The van der Waals surface area contributed by atoms with E-state index in [1.165, 1.54) is 6.07 Å². The van der Waals surface area contributed by atoms with Crippen molar-refractivity contribution in [2.75, 3.05) is 5.32 Å². The topological polar surface area (TPSA) is 82.2 Å². The van der Waals surface area contributed by atoms with Gasteiger partial charge in [0.1, 0.15) is 5.69 Å². The minimum absolute atomic E-state index is 0.0624. The van der Waals surface area contributed by atoms with Crippen LogP contribution in [0.15, 0.2) is 42.6 Å². The van der Waals surface area contributed by atoms with Gasteiger partial charge in [-0.1, -0.05) is 12.1 Å². The van der Waals surface area contributed by atoms with Gasteiger partial charge in [-0.05, 0) is 24.3 Å². The van der Waals surface area contributed by atoms with Crippen LogP contribution in [0.1, 0.15) is 20.8 Å². The summed E-state index contributed by atoms with van der Waals surface area (Å²) in [5.41, 5.74) is 0.720. The molecule has 0 atom stereocenters. The van der Waals surface area contributed by atoms with Crippen LogP contribution in [0.2, 0.25) is 0 Å². The number of amides is 1. The highest BCUT2D eigenvalue weighted by molar-refractivity contribution is 6.06. The molecule has 1 amide bonds. The van der Waals surface area contributed by atoms with Gasteiger partial charge >= 0.3 is 5.97 Å². The summed E-state index contributed by atoms with van der Waals surface area (Å²) in [5.74, 6) is -1.45. The highest BCUT2D eigenvalue weighted by Gasteiger charge is 2.12. The first-order valence-electron chi connectivity index (χ1n) is 4.95. The second-order valence-corrected chi connectivity index (χ2v) is 3.39. The summed E-state index contributed by atoms with van der Waals surface area (Å²) in [6.45, 7) is 0. The molecule has 2 rings (SSSR count). The van der Waals surface area contributed by atoms with Crippen LogP contribution in [-0.2, 0) is 0 Å². The van der Waals surface area contributed by atoms with Gasteiger partial charge in [-0.3, -0.25) is 4.79 Å². The van der Waals surface area contributed by atoms with Crippen LogP contribution in [-0.4, -0.2) is 22.0 Å². The Morgan fingerprint density at radius 3 is 2.53 bits per heavy atom. The van der Waals surface area contributed by atoms with Crippen molar-refractivity contribution in [1.82, 2.24) is 4.98 Å². The number of hydrogen-bond donors (Lipinski definition) is 3. The van der Waals surface area contributed by atoms with Crippen molar-refractivity contribution in [2.24, 2.45) is 0 Å². The average molecular weight is 230 g/mol. The zero-order chi connectivity index (χ0) is 12.3. The zero-order valence-corrected chi connectivity index (χ0v) is 8.81. The number of carbonyl (C=O) groups is 2. The molecule has 0 fully saturated rings. The molecule has 17 heavy (non-hydrogen) atoms. The molecule has 3 N–H and O–H groups in total. The van der Waals surface area contributed by atoms with Crippen molar-refractivity contribution in [3.63, 3.8) is 0 Å². The van der Waals surface area contributed by atoms with Crippen LogP contribution in [0.3, 0.4) is 0 Å². The van der Waals surface area contributed by atoms with Gasteiger partial charge in [-0.25, -0.2) is 4.79 Å². The highest BCUT2D eigenvalue weighted by Crippen LogP contribution is 2.15. The third-order valence-electron chi connectivity index (χ3n) is 2.25. The molecule has 1 heterocycles. The van der Waals surface area contributed by atoms with Gasteiger partial charge in [-0.15, -0.1) is 0 Å². The lowest BCUT2D eigenvalue weighted by Crippen LogP contribution is -2.14. The fraction of sp³-hybridized carbons (Fsp3) is 0. The van der Waals surface area contributed by atoms with Crippen molar-refractivity contribution in [3.05, 3.63) is 53.9 Å². The van der Waals surface area contributed by atoms with E-state index in [4.69, 9.17) is 5.11 Å². The third kappa shape index (κ3) is 2.34. The Balaban J connectivity index is 2.25. The molecule has 86 valence electrons. The van der Waals surface area contributed by atoms with Crippen LogP contribution < -0.4 is 5.32 Å². The maximum absolute atomic E-state index is 11.7. The average Bonchev–Trinajstić information content (AvgIpc) is 2.83. The normalized spacial score (nSPS) is 9.88. The summed E-state index contributed by atoms with van der Waals surface area (Å²) < 4.78 is 0. The Bertz CT molecular complexity index is 547. The lowest BCUT2D eigenvalue weighted by Gasteiger charge is -2.06. The number of para-hydroxylation sites is 1. The Kier molecular flexibility index (Phi) is 2.91. The lowest BCUT2D eigenvalue weighted by atomic mass is 10.2. The maximum atomic E-state index is 11.7. The van der Waals surface area contributed by atoms with Gasteiger partial charge in [0, 0.05) is 6.20 Å². The SMILES string of the molecule is O=C(Nc1ccccc1C(=O)O)c1ccc[nH]1. The Labute approximate surface area is 97.1 Å². The monoisotopic (exact) mass is 230 g/mol. The van der Waals surface area contributed by atoms with E-state index < -0.39 is 5.97 Å². The number of aromatic amines is 1. The second-order valence-electron chi connectivity index (χ2n) is 3.39. The molecule has 2 aromatic rings. The first-order valence-corrected chi connectivity index (χ1v) is 4.95. The number of aromatic carboxylic acids is 1. The van der Waals surface area contributed by atoms with Gasteiger partial charge < -0.3 is 15.4 Å². The molecular formula is C12H10N2O3. The van der Waals surface area contributed by atoms with Crippen molar-refractivity contribution in [1.29, 1.82) is 0 Å². The molecule has 5 nitrogen and oxygen atoms in total. The van der Waals surface area contributed by atoms with Gasteiger partial charge in [0.05, 0.1) is 11.3 Å². The largest absolute Gasteiger partial charge is 0.478 e. The summed E-state index contributed by atoms with van der Waals surface area (Å²) in [4.78, 5) is 25.4. The van der Waals surface area contributed by atoms with E-state index in [2.05, 4.69) is 10.3 Å². The maximum Gasteiger partial charge on any atom is 0.337 e. The number of H-pyrrole nitrogens is 1. The van der Waals surface area contributed by atoms with Crippen molar-refractivity contribution < 1.29 is 14.7 Å². The molecule has 0 bridgehead atoms. The van der Waals surface area contributed by atoms with Crippen LogP contribution in [0.25, 0.3) is 0 Å². The van der Waals surface area contributed by atoms with Gasteiger partial charge in [-0.2, -0.15) is 0 Å². The first kappa shape index (κ1) is 10.9. The summed E-state index contributed by atoms with van der Waals surface area (Å²) >= 11 is 0. The van der Waals surface area contributed by atoms with Crippen LogP contribution in [0.5, 0.6) is 0 Å². The lowest BCUT2D eigenvalue weighted by molar-refractivity contribution is 0.0698. The molecule has 0 aliphatic rings. The number of aromatic nitrogens is 1. The molecule has 1 aromatic heterocycles. The summed E-state index contributed by atoms with van der Waals surface area (Å²) in [6.07, 6.45) is 1.62. The summed E-state index contributed by atoms with van der Waals surface area (Å²) in [6, 6.07) is 9.55. The van der Waals surface area contributed by atoms with E-state index in [0.29, 0.717) is 5.69 Å². The smallest absolute Gasteiger partial charge is 0.337 e. The quantitative estimate of drug-likeness (QED) is 0.753. The molecule has 0 saturated heterocycles. The van der Waals surface area contributed by atoms with E-state index in [1.54, 1.807) is 36.5 Å². The van der Waals surface area contributed by atoms with E-state index in [-0.39, 0.29) is 17.2 Å². The number of benzene rings is 1. The van der Waals surface area contributed by atoms with Crippen molar-refractivity contribution in [2.45, 2.75) is 0 Å². The number of carbonyl (C=O) groups excluding carboxylic acids is 1. The Morgan fingerprint density at radius 2 is 1.88 bits per heavy atom. The van der Waals surface area contributed by atoms with Crippen LogP contribution >= 0.6 is 0 Å². The number of carboxylic acids is 1. The minimum Gasteiger partial charge on any atom is -0.478 e. The highest BCUT2D eigenvalue weighted by atomic mass is 16.4. The molecule has 1 aromatic carbocycles. The van der Waals surface area contributed by atoms with E-state index in [0.717, 1.165) is 0 Å². The second kappa shape index (κ2) is 4.52. The van der Waals surface area contributed by atoms with Crippen molar-refractivity contribution >= 4 is 17.6 Å². The minimum atomic E-state index is -1.08. The Hall–Kier alpha value is -2.56. The third-order valence-corrected chi connectivity index (χ3v) is 2.25. The number of carboxylic acid groups (broad SMARTS) is 1. The van der Waals surface area contributed by atoms with Crippen molar-refractivity contribution in [3.8, 4) is 0 Å². The number of rotatable bonds is 3. The molecule has 0 unspecified atom stereocenters. The predicted molar refractivity (Wildman–Crippen MR) is 62.1 cm³/mol. The predicted octanol–water partition coefficient (Wildman–Crippen LogP) is 1.97. The summed E-state index contributed by atoms with van der Waals surface area (Å²) in [5, 5.41) is 11.5. The fourth-order valence-electron chi connectivity index (χ4n) is 1.44. The van der Waals surface area contributed by atoms with E-state index >= 15 is 0 Å². The molecular weight excluding hydrogens is 220 g/mol. The fourth-order valence-corrected chi connectivity index (χ4v) is 1.44.